The van der Waals surface area contributed by atoms with Crippen LogP contribution in [0.25, 0.3) is 0 Å². The Balaban J connectivity index is 1.99. The van der Waals surface area contributed by atoms with E-state index in [2.05, 4.69) is 20.7 Å². The largest absolute Gasteiger partial charge is 0.385 e. The zero-order chi connectivity index (χ0) is 14.6. The summed E-state index contributed by atoms with van der Waals surface area (Å²) < 4.78 is 7.48. The molecule has 7 nitrogen and oxygen atoms in total. The summed E-state index contributed by atoms with van der Waals surface area (Å²) in [4.78, 5) is 3.92. The minimum Gasteiger partial charge on any atom is -0.385 e. The molecule has 0 radical (unpaired) electrons. The van der Waals surface area contributed by atoms with E-state index in [-0.39, 0.29) is 18.2 Å². The number of aliphatic hydroxyl groups is 1. The molecule has 2 heterocycles. The fourth-order valence-corrected chi connectivity index (χ4v) is 2.06. The van der Waals surface area contributed by atoms with Crippen LogP contribution >= 0.6 is 0 Å². The maximum Gasteiger partial charge on any atom is 0.137 e. The van der Waals surface area contributed by atoms with Gasteiger partial charge in [-0.2, -0.15) is 5.10 Å². The third-order valence-electron chi connectivity index (χ3n) is 3.81. The minimum atomic E-state index is -1.01. The Morgan fingerprint density at radius 3 is 2.75 bits per heavy atom. The van der Waals surface area contributed by atoms with Crippen molar-refractivity contribution in [2.75, 3.05) is 26.2 Å². The molecule has 1 aromatic heterocycles. The lowest BCUT2D eigenvalue weighted by molar-refractivity contribution is -0.145. The molecule has 1 aromatic rings. The Kier molecular flexibility index (Phi) is 4.74. The molecule has 0 saturated carbocycles. The summed E-state index contributed by atoms with van der Waals surface area (Å²) in [5.74, 6) is 0. The molecule has 114 valence electrons. The fraction of sp³-hybridized carbons (Fsp3) is 0.846. The van der Waals surface area contributed by atoms with Gasteiger partial charge in [-0.3, -0.25) is 5.32 Å². The summed E-state index contributed by atoms with van der Waals surface area (Å²) in [6, 6.07) is 0. The summed E-state index contributed by atoms with van der Waals surface area (Å²) in [7, 11) is 0. The quantitative estimate of drug-likeness (QED) is 0.681. The summed E-state index contributed by atoms with van der Waals surface area (Å²) >= 11 is 0. The molecule has 1 saturated heterocycles. The highest BCUT2D eigenvalue weighted by atomic mass is 16.5. The number of aromatic nitrogens is 3. The van der Waals surface area contributed by atoms with Crippen LogP contribution in [0.3, 0.4) is 0 Å². The number of hydrogen-bond acceptors (Lipinski definition) is 6. The molecule has 2 rings (SSSR count). The summed E-state index contributed by atoms with van der Waals surface area (Å²) in [6.45, 7) is 9.18. The van der Waals surface area contributed by atoms with Crippen LogP contribution in [0.2, 0.25) is 0 Å². The van der Waals surface area contributed by atoms with Crippen molar-refractivity contribution in [2.24, 2.45) is 5.41 Å². The van der Waals surface area contributed by atoms with Crippen LogP contribution in [0.15, 0.2) is 12.7 Å². The van der Waals surface area contributed by atoms with Crippen LogP contribution < -0.4 is 10.6 Å². The van der Waals surface area contributed by atoms with Gasteiger partial charge in [0.25, 0.3) is 0 Å². The molecule has 2 unspecified atom stereocenters. The maximum absolute atomic E-state index is 11.0. The highest BCUT2D eigenvalue weighted by Gasteiger charge is 2.41. The lowest BCUT2D eigenvalue weighted by Crippen LogP contribution is -2.55. The van der Waals surface area contributed by atoms with Crippen molar-refractivity contribution in [1.82, 2.24) is 25.4 Å². The molecule has 0 spiro atoms. The van der Waals surface area contributed by atoms with Gasteiger partial charge in [0.2, 0.25) is 0 Å². The van der Waals surface area contributed by atoms with E-state index in [1.54, 1.807) is 11.0 Å². The average molecular weight is 283 g/mol. The molecule has 1 aliphatic heterocycles. The van der Waals surface area contributed by atoms with E-state index in [1.165, 1.54) is 6.33 Å². The second-order valence-corrected chi connectivity index (χ2v) is 6.33. The van der Waals surface area contributed by atoms with Crippen LogP contribution in [0, 0.1) is 5.41 Å². The summed E-state index contributed by atoms with van der Waals surface area (Å²) in [5, 5.41) is 21.6. The summed E-state index contributed by atoms with van der Waals surface area (Å²) in [5.41, 5.74) is -1.35. The molecule has 20 heavy (non-hydrogen) atoms. The average Bonchev–Trinajstić information content (AvgIpc) is 2.89. The Labute approximate surface area is 119 Å². The molecule has 0 aromatic carbocycles. The van der Waals surface area contributed by atoms with E-state index in [4.69, 9.17) is 4.74 Å². The standard InChI is InChI=1S/C13H25N5O2/c1-12(2,3)13(19,7-18-10-15-9-17-18)8-20-11-6-14-4-5-16-11/h9-11,14,16,19H,4-8H2,1-3H3. The number of ether oxygens (including phenoxy) is 1. The predicted octanol–water partition coefficient (Wildman–Crippen LogP) is -0.409. The molecular formula is C13H25N5O2. The third kappa shape index (κ3) is 3.76. The number of hydrogen-bond donors (Lipinski definition) is 3. The molecule has 0 bridgehead atoms. The summed E-state index contributed by atoms with van der Waals surface area (Å²) in [6.07, 6.45) is 3.02. The van der Waals surface area contributed by atoms with Crippen molar-refractivity contribution in [3.05, 3.63) is 12.7 Å². The van der Waals surface area contributed by atoms with E-state index in [1.807, 2.05) is 20.8 Å². The fourth-order valence-electron chi connectivity index (χ4n) is 2.06. The SMILES string of the molecule is CC(C)(C)C(O)(COC1CNCCN1)Cn1cncn1. The predicted molar refractivity (Wildman–Crippen MR) is 75.0 cm³/mol. The van der Waals surface area contributed by atoms with Gasteiger partial charge >= 0.3 is 0 Å². The molecule has 0 aliphatic carbocycles. The van der Waals surface area contributed by atoms with Gasteiger partial charge in [0.1, 0.15) is 24.5 Å². The first-order valence-electron chi connectivity index (χ1n) is 7.01. The lowest BCUT2D eigenvalue weighted by atomic mass is 9.77. The molecule has 3 N–H and O–H groups in total. The van der Waals surface area contributed by atoms with Crippen LogP contribution in [0.1, 0.15) is 20.8 Å². The molecule has 0 amide bonds. The first-order chi connectivity index (χ1) is 9.41. The van der Waals surface area contributed by atoms with E-state index >= 15 is 0 Å². The first-order valence-corrected chi connectivity index (χ1v) is 7.01. The molecule has 1 fully saturated rings. The minimum absolute atomic E-state index is 0.0617. The topological polar surface area (TPSA) is 84.2 Å². The van der Waals surface area contributed by atoms with Gasteiger partial charge in [0.05, 0.1) is 13.2 Å². The normalized spacial score (nSPS) is 23.5. The Hall–Kier alpha value is -1.02. The Bertz CT molecular complexity index is 397. The smallest absolute Gasteiger partial charge is 0.137 e. The van der Waals surface area contributed by atoms with Crippen LogP contribution in [0.4, 0.5) is 0 Å². The monoisotopic (exact) mass is 283 g/mol. The van der Waals surface area contributed by atoms with Crippen LogP contribution in [-0.4, -0.2) is 57.9 Å². The second kappa shape index (κ2) is 6.17. The number of nitrogens with one attached hydrogen (secondary N) is 2. The molecule has 1 aliphatic rings. The Morgan fingerprint density at radius 1 is 1.40 bits per heavy atom. The maximum atomic E-state index is 11.0. The zero-order valence-corrected chi connectivity index (χ0v) is 12.5. The number of nitrogens with zero attached hydrogens (tertiary/aromatic N) is 3. The van der Waals surface area contributed by atoms with Crippen molar-refractivity contribution < 1.29 is 9.84 Å². The van der Waals surface area contributed by atoms with E-state index < -0.39 is 5.60 Å². The van der Waals surface area contributed by atoms with E-state index in [0.717, 1.165) is 19.6 Å². The van der Waals surface area contributed by atoms with Crippen LogP contribution in [-0.2, 0) is 11.3 Å². The highest BCUT2D eigenvalue weighted by molar-refractivity contribution is 4.91. The van der Waals surface area contributed by atoms with E-state index in [9.17, 15) is 5.11 Å². The van der Waals surface area contributed by atoms with Crippen molar-refractivity contribution in [1.29, 1.82) is 0 Å². The van der Waals surface area contributed by atoms with Crippen LogP contribution in [0.5, 0.6) is 0 Å². The van der Waals surface area contributed by atoms with Gasteiger partial charge < -0.3 is 15.2 Å². The molecule has 2 atom stereocenters. The van der Waals surface area contributed by atoms with Gasteiger partial charge in [0.15, 0.2) is 0 Å². The van der Waals surface area contributed by atoms with Crippen molar-refractivity contribution in [3.8, 4) is 0 Å². The van der Waals surface area contributed by atoms with E-state index in [0.29, 0.717) is 6.54 Å². The van der Waals surface area contributed by atoms with Crippen molar-refractivity contribution >= 4 is 0 Å². The zero-order valence-electron chi connectivity index (χ0n) is 12.5. The molecule has 7 heteroatoms. The van der Waals surface area contributed by atoms with Crippen molar-refractivity contribution in [3.63, 3.8) is 0 Å². The van der Waals surface area contributed by atoms with Gasteiger partial charge in [-0.25, -0.2) is 9.67 Å². The third-order valence-corrected chi connectivity index (χ3v) is 3.81. The van der Waals surface area contributed by atoms with Gasteiger partial charge in [-0.05, 0) is 5.41 Å². The molecular weight excluding hydrogens is 258 g/mol. The first kappa shape index (κ1) is 15.4. The lowest BCUT2D eigenvalue weighted by Gasteiger charge is -2.41. The number of rotatable bonds is 5. The second-order valence-electron chi connectivity index (χ2n) is 6.33. The van der Waals surface area contributed by atoms with Gasteiger partial charge in [0, 0.05) is 19.6 Å². The van der Waals surface area contributed by atoms with Gasteiger partial charge in [-0.1, -0.05) is 20.8 Å². The Morgan fingerprint density at radius 2 is 2.20 bits per heavy atom. The van der Waals surface area contributed by atoms with Gasteiger partial charge in [-0.15, -0.1) is 0 Å². The number of piperazine rings is 1. The highest BCUT2D eigenvalue weighted by Crippen LogP contribution is 2.32. The van der Waals surface area contributed by atoms with Crippen molar-refractivity contribution in [2.45, 2.75) is 39.1 Å².